The van der Waals surface area contributed by atoms with Crippen LogP contribution in [0.1, 0.15) is 22.3 Å². The van der Waals surface area contributed by atoms with Gasteiger partial charge in [-0.3, -0.25) is 4.79 Å². The van der Waals surface area contributed by atoms with Crippen molar-refractivity contribution in [1.29, 1.82) is 0 Å². The third kappa shape index (κ3) is 6.19. The Balaban J connectivity index is 1.88. The van der Waals surface area contributed by atoms with Gasteiger partial charge in [-0.2, -0.15) is 13.2 Å². The molecule has 0 aliphatic carbocycles. The first-order chi connectivity index (χ1) is 18.7. The van der Waals surface area contributed by atoms with Gasteiger partial charge < -0.3 is 14.8 Å². The van der Waals surface area contributed by atoms with Crippen molar-refractivity contribution in [3.63, 3.8) is 0 Å². The third-order valence-corrected chi connectivity index (χ3v) is 6.51. The summed E-state index contributed by atoms with van der Waals surface area (Å²) in [7, 11) is 0. The molecule has 0 aliphatic rings. The Morgan fingerprint density at radius 1 is 1.07 bits per heavy atom. The zero-order valence-electron chi connectivity index (χ0n) is 20.3. The maximum atomic E-state index is 14.5. The Morgan fingerprint density at radius 2 is 1.80 bits per heavy atom. The smallest absolute Gasteiger partial charge is 0.418 e. The van der Waals surface area contributed by atoms with Crippen LogP contribution in [0, 0.1) is 12.7 Å². The van der Waals surface area contributed by atoms with E-state index in [9.17, 15) is 31.9 Å². The Labute approximate surface area is 233 Å². The summed E-state index contributed by atoms with van der Waals surface area (Å²) in [6, 6.07) is 9.41. The van der Waals surface area contributed by atoms with E-state index in [1.165, 1.54) is 24.3 Å². The fourth-order valence-electron chi connectivity index (χ4n) is 4.06. The number of benzene rings is 3. The Hall–Kier alpha value is -4.15. The number of aliphatic carboxylic acids is 1. The van der Waals surface area contributed by atoms with Gasteiger partial charge in [0.05, 0.1) is 23.2 Å². The molecule has 1 heterocycles. The molecule has 3 aromatic carbocycles. The second-order valence-electron chi connectivity index (χ2n) is 8.66. The monoisotopic (exact) mass is 593 g/mol. The number of alkyl halides is 3. The number of halogens is 6. The molecule has 0 spiro atoms. The zero-order chi connectivity index (χ0) is 29.4. The van der Waals surface area contributed by atoms with E-state index in [-0.39, 0.29) is 37.9 Å². The van der Waals surface area contributed by atoms with E-state index in [1.54, 1.807) is 13.0 Å². The summed E-state index contributed by atoms with van der Waals surface area (Å²) in [6.45, 7) is 1.67. The van der Waals surface area contributed by atoms with E-state index in [2.05, 4.69) is 5.32 Å². The minimum absolute atomic E-state index is 0.0452. The lowest BCUT2D eigenvalue weighted by molar-refractivity contribution is -0.137. The highest BCUT2D eigenvalue weighted by Crippen LogP contribution is 2.37. The van der Waals surface area contributed by atoms with Gasteiger partial charge in [-0.05, 0) is 60.5 Å². The number of hydrogen-bond donors (Lipinski definition) is 2. The topological polar surface area (TPSA) is 96.6 Å². The Kier molecular flexibility index (Phi) is 8.04. The largest absolute Gasteiger partial charge is 0.478 e. The maximum Gasteiger partial charge on any atom is 0.418 e. The zero-order valence-corrected chi connectivity index (χ0v) is 21.8. The number of hydrogen-bond acceptors (Lipinski definition) is 4. The van der Waals surface area contributed by atoms with E-state index in [1.807, 2.05) is 0 Å². The number of carboxylic acid groups (broad SMARTS) is 1. The highest BCUT2D eigenvalue weighted by atomic mass is 35.5. The van der Waals surface area contributed by atoms with E-state index >= 15 is 0 Å². The van der Waals surface area contributed by atoms with Crippen LogP contribution < -0.4 is 10.9 Å². The van der Waals surface area contributed by atoms with E-state index in [4.69, 9.17) is 32.7 Å². The number of amides is 1. The summed E-state index contributed by atoms with van der Waals surface area (Å²) in [5.41, 5.74) is -2.11. The van der Waals surface area contributed by atoms with Crippen LogP contribution in [0.5, 0.6) is 0 Å². The van der Waals surface area contributed by atoms with Crippen LogP contribution in [0.15, 0.2) is 63.8 Å². The second kappa shape index (κ2) is 11.1. The number of aryl methyl sites for hydroxylation is 1. The standard InChI is InChI=1S/C28H17Cl2F4NO5/c1-13-8-17-23(12-20(13)30)40-27(39)18(26(17)15-2-5-21(31)14(9-15)3-7-25(37)38)11-24(36)35-22-6-4-16(29)10-19(22)28(32,33)34/h2-10,12H,11H2,1H3,(H,35,36)(H,37,38)/b7-3+. The van der Waals surface area contributed by atoms with Crippen molar-refractivity contribution < 1.29 is 36.7 Å². The van der Waals surface area contributed by atoms with Crippen LogP contribution in [0.25, 0.3) is 28.2 Å². The SMILES string of the molecule is Cc1cc2c(-c3ccc(F)c(/C=C/C(=O)O)c3)c(CC(=O)Nc3ccc(Cl)cc3C(F)(F)F)c(=O)oc2cc1Cl. The molecule has 1 aromatic heterocycles. The van der Waals surface area contributed by atoms with Crippen LogP contribution in [-0.2, 0) is 22.2 Å². The highest BCUT2D eigenvalue weighted by molar-refractivity contribution is 6.32. The van der Waals surface area contributed by atoms with E-state index in [0.717, 1.165) is 24.3 Å². The van der Waals surface area contributed by atoms with Gasteiger partial charge in [-0.1, -0.05) is 29.3 Å². The maximum absolute atomic E-state index is 14.5. The predicted molar refractivity (Wildman–Crippen MR) is 143 cm³/mol. The first kappa shape index (κ1) is 28.8. The number of carbonyl (C=O) groups is 2. The molecule has 40 heavy (non-hydrogen) atoms. The highest BCUT2D eigenvalue weighted by Gasteiger charge is 2.34. The second-order valence-corrected chi connectivity index (χ2v) is 9.50. The van der Waals surface area contributed by atoms with Gasteiger partial charge >= 0.3 is 17.8 Å². The summed E-state index contributed by atoms with van der Waals surface area (Å²) in [6.07, 6.45) is -3.80. The molecule has 0 bridgehead atoms. The molecule has 0 saturated heterocycles. The molecule has 2 N–H and O–H groups in total. The van der Waals surface area contributed by atoms with Gasteiger partial charge in [0.25, 0.3) is 0 Å². The van der Waals surface area contributed by atoms with Gasteiger partial charge in [0.1, 0.15) is 11.4 Å². The molecule has 0 atom stereocenters. The third-order valence-electron chi connectivity index (χ3n) is 5.87. The Bertz CT molecular complexity index is 1760. The molecular formula is C28H17Cl2F4NO5. The molecule has 0 fully saturated rings. The van der Waals surface area contributed by atoms with Crippen molar-refractivity contribution >= 4 is 57.8 Å². The van der Waals surface area contributed by atoms with Crippen LogP contribution in [0.4, 0.5) is 23.2 Å². The molecule has 0 unspecified atom stereocenters. The molecule has 0 aliphatic heterocycles. The van der Waals surface area contributed by atoms with Crippen LogP contribution >= 0.6 is 23.2 Å². The van der Waals surface area contributed by atoms with Crippen molar-refractivity contribution in [2.45, 2.75) is 19.5 Å². The first-order valence-electron chi connectivity index (χ1n) is 11.4. The number of nitrogens with one attached hydrogen (secondary N) is 1. The van der Waals surface area contributed by atoms with Crippen LogP contribution in [0.2, 0.25) is 10.0 Å². The van der Waals surface area contributed by atoms with Gasteiger partial charge in [0, 0.05) is 38.7 Å². The molecule has 206 valence electrons. The minimum Gasteiger partial charge on any atom is -0.478 e. The van der Waals surface area contributed by atoms with Crippen molar-refractivity contribution in [2.24, 2.45) is 0 Å². The van der Waals surface area contributed by atoms with Gasteiger partial charge in [-0.25, -0.2) is 14.0 Å². The van der Waals surface area contributed by atoms with Crippen molar-refractivity contribution in [3.8, 4) is 11.1 Å². The number of carboxylic acids is 1. The number of rotatable bonds is 6. The quantitative estimate of drug-likeness (QED) is 0.137. The lowest BCUT2D eigenvalue weighted by atomic mass is 9.93. The molecule has 1 amide bonds. The molecule has 4 aromatic rings. The summed E-state index contributed by atoms with van der Waals surface area (Å²) in [4.78, 5) is 37.0. The number of carbonyl (C=O) groups excluding carboxylic acids is 1. The van der Waals surface area contributed by atoms with E-state index in [0.29, 0.717) is 17.0 Å². The molecule has 6 nitrogen and oxygen atoms in total. The normalized spacial score (nSPS) is 11.8. The van der Waals surface area contributed by atoms with Crippen molar-refractivity contribution in [3.05, 3.63) is 103 Å². The van der Waals surface area contributed by atoms with Gasteiger partial charge in [0.15, 0.2) is 0 Å². The number of fused-ring (bicyclic) bond motifs is 1. The molecule has 0 saturated carbocycles. The summed E-state index contributed by atoms with van der Waals surface area (Å²) < 4.78 is 60.4. The average molecular weight is 594 g/mol. The average Bonchev–Trinajstić information content (AvgIpc) is 2.86. The summed E-state index contributed by atoms with van der Waals surface area (Å²) in [5, 5.41) is 11.5. The fraction of sp³-hybridized carbons (Fsp3) is 0.107. The minimum atomic E-state index is -4.83. The lowest BCUT2D eigenvalue weighted by Crippen LogP contribution is -2.22. The number of anilines is 1. The Morgan fingerprint density at radius 3 is 2.48 bits per heavy atom. The van der Waals surface area contributed by atoms with Gasteiger partial charge in [0.2, 0.25) is 5.91 Å². The molecule has 0 radical (unpaired) electrons. The predicted octanol–water partition coefficient (Wildman–Crippen LogP) is 7.51. The fourth-order valence-corrected chi connectivity index (χ4v) is 4.39. The first-order valence-corrected chi connectivity index (χ1v) is 12.1. The van der Waals surface area contributed by atoms with Gasteiger partial charge in [-0.15, -0.1) is 0 Å². The molecule has 12 heteroatoms. The molecule has 4 rings (SSSR count). The van der Waals surface area contributed by atoms with Crippen molar-refractivity contribution in [1.82, 2.24) is 0 Å². The van der Waals surface area contributed by atoms with Crippen LogP contribution in [0.3, 0.4) is 0 Å². The molecular weight excluding hydrogens is 577 g/mol. The lowest BCUT2D eigenvalue weighted by Gasteiger charge is -2.16. The summed E-state index contributed by atoms with van der Waals surface area (Å²) in [5.74, 6) is -3.05. The van der Waals surface area contributed by atoms with Crippen molar-refractivity contribution in [2.75, 3.05) is 5.32 Å². The summed E-state index contributed by atoms with van der Waals surface area (Å²) >= 11 is 11.9. The van der Waals surface area contributed by atoms with Crippen LogP contribution in [-0.4, -0.2) is 17.0 Å². The van der Waals surface area contributed by atoms with E-state index < -0.39 is 47.2 Å².